The maximum atomic E-state index is 13.0. The highest BCUT2D eigenvalue weighted by atomic mass is 19.1. The van der Waals surface area contributed by atoms with Crippen molar-refractivity contribution in [2.75, 3.05) is 0 Å². The van der Waals surface area contributed by atoms with E-state index in [9.17, 15) is 14.5 Å². The fourth-order valence-electron chi connectivity index (χ4n) is 1.63. The van der Waals surface area contributed by atoms with Crippen LogP contribution in [0.15, 0.2) is 42.5 Å². The first-order valence-corrected chi connectivity index (χ1v) is 5.09. The Kier molecular flexibility index (Phi) is 2.87. The Morgan fingerprint density at radius 1 is 1.12 bits per heavy atom. The molecule has 2 aromatic carbocycles. The van der Waals surface area contributed by atoms with Crippen molar-refractivity contribution in [3.8, 4) is 11.1 Å². The van der Waals surface area contributed by atoms with Crippen molar-refractivity contribution in [2.45, 2.75) is 6.92 Å². The standard InChI is InChI=1S/C13H10FNO2/c1-9-2-4-10(5-3-9)12-7-6-11(14)8-13(12)15(16)17/h2-8H,1H3. The minimum Gasteiger partial charge on any atom is -0.258 e. The van der Waals surface area contributed by atoms with E-state index >= 15 is 0 Å². The Hall–Kier alpha value is -2.23. The van der Waals surface area contributed by atoms with Gasteiger partial charge >= 0.3 is 0 Å². The second kappa shape index (κ2) is 4.33. The topological polar surface area (TPSA) is 43.1 Å². The first-order chi connectivity index (χ1) is 8.08. The van der Waals surface area contributed by atoms with Crippen LogP contribution in [0.3, 0.4) is 0 Å². The monoisotopic (exact) mass is 231 g/mol. The van der Waals surface area contributed by atoms with Gasteiger partial charge in [0.25, 0.3) is 5.69 Å². The van der Waals surface area contributed by atoms with E-state index in [1.54, 1.807) is 12.1 Å². The van der Waals surface area contributed by atoms with E-state index in [0.717, 1.165) is 11.6 Å². The minimum absolute atomic E-state index is 0.214. The zero-order valence-corrected chi connectivity index (χ0v) is 9.18. The summed E-state index contributed by atoms with van der Waals surface area (Å²) in [6, 6.07) is 10.9. The third-order valence-corrected chi connectivity index (χ3v) is 2.52. The predicted octanol–water partition coefficient (Wildman–Crippen LogP) is 3.71. The molecule has 0 bridgehead atoms. The highest BCUT2D eigenvalue weighted by Crippen LogP contribution is 2.30. The second-order valence-electron chi connectivity index (χ2n) is 3.78. The van der Waals surface area contributed by atoms with Crippen LogP contribution in [0.2, 0.25) is 0 Å². The quantitative estimate of drug-likeness (QED) is 0.584. The molecule has 0 radical (unpaired) electrons. The van der Waals surface area contributed by atoms with Gasteiger partial charge in [-0.25, -0.2) is 4.39 Å². The van der Waals surface area contributed by atoms with E-state index in [2.05, 4.69) is 0 Å². The molecule has 0 amide bonds. The van der Waals surface area contributed by atoms with E-state index < -0.39 is 10.7 Å². The molecule has 17 heavy (non-hydrogen) atoms. The van der Waals surface area contributed by atoms with Gasteiger partial charge in [0.05, 0.1) is 16.6 Å². The van der Waals surface area contributed by atoms with Crippen LogP contribution in [0.1, 0.15) is 5.56 Å². The average Bonchev–Trinajstić information content (AvgIpc) is 2.30. The molecular formula is C13H10FNO2. The van der Waals surface area contributed by atoms with Crippen molar-refractivity contribution >= 4 is 5.69 Å². The largest absolute Gasteiger partial charge is 0.280 e. The lowest BCUT2D eigenvalue weighted by Crippen LogP contribution is -1.93. The Morgan fingerprint density at radius 2 is 1.76 bits per heavy atom. The van der Waals surface area contributed by atoms with Crippen molar-refractivity contribution in [3.63, 3.8) is 0 Å². The molecule has 0 aromatic heterocycles. The number of aryl methyl sites for hydroxylation is 1. The number of rotatable bonds is 2. The highest BCUT2D eigenvalue weighted by Gasteiger charge is 2.15. The Morgan fingerprint density at radius 3 is 2.35 bits per heavy atom. The number of nitro benzene ring substituents is 1. The highest BCUT2D eigenvalue weighted by molar-refractivity contribution is 5.73. The summed E-state index contributed by atoms with van der Waals surface area (Å²) in [6.45, 7) is 1.93. The Bertz CT molecular complexity index is 564. The molecule has 86 valence electrons. The molecule has 0 saturated carbocycles. The SMILES string of the molecule is Cc1ccc(-c2ccc(F)cc2[N+](=O)[O-])cc1. The molecular weight excluding hydrogens is 221 g/mol. The number of hydrogen-bond donors (Lipinski definition) is 0. The van der Waals surface area contributed by atoms with Gasteiger partial charge in [0.1, 0.15) is 5.82 Å². The summed E-state index contributed by atoms with van der Waals surface area (Å²) in [5, 5.41) is 10.9. The molecule has 0 aliphatic rings. The van der Waals surface area contributed by atoms with Crippen LogP contribution in [-0.4, -0.2) is 4.92 Å². The zero-order valence-electron chi connectivity index (χ0n) is 9.18. The molecule has 2 aromatic rings. The fourth-order valence-corrected chi connectivity index (χ4v) is 1.63. The summed E-state index contributed by atoms with van der Waals surface area (Å²) in [6.07, 6.45) is 0. The molecule has 2 rings (SSSR count). The van der Waals surface area contributed by atoms with Crippen LogP contribution < -0.4 is 0 Å². The van der Waals surface area contributed by atoms with Gasteiger partial charge in [0, 0.05) is 0 Å². The van der Waals surface area contributed by atoms with Gasteiger partial charge in [0.2, 0.25) is 0 Å². The van der Waals surface area contributed by atoms with Gasteiger partial charge in [-0.2, -0.15) is 0 Å². The summed E-state index contributed by atoms with van der Waals surface area (Å²) < 4.78 is 13.0. The normalized spacial score (nSPS) is 10.2. The molecule has 0 spiro atoms. The maximum Gasteiger partial charge on any atom is 0.280 e. The molecule has 3 nitrogen and oxygen atoms in total. The molecule has 0 heterocycles. The number of halogens is 1. The van der Waals surface area contributed by atoms with E-state index in [-0.39, 0.29) is 5.69 Å². The van der Waals surface area contributed by atoms with Crippen LogP contribution in [0.25, 0.3) is 11.1 Å². The summed E-state index contributed by atoms with van der Waals surface area (Å²) in [5.41, 5.74) is 1.99. The molecule has 0 N–H and O–H groups in total. The van der Waals surface area contributed by atoms with Crippen LogP contribution >= 0.6 is 0 Å². The van der Waals surface area contributed by atoms with E-state index in [1.807, 2.05) is 19.1 Å². The predicted molar refractivity (Wildman–Crippen MR) is 63.2 cm³/mol. The number of benzene rings is 2. The smallest absolute Gasteiger partial charge is 0.258 e. The molecule has 0 unspecified atom stereocenters. The van der Waals surface area contributed by atoms with Gasteiger partial charge in [-0.15, -0.1) is 0 Å². The van der Waals surface area contributed by atoms with E-state index in [1.165, 1.54) is 12.1 Å². The summed E-state index contributed by atoms with van der Waals surface area (Å²) in [7, 11) is 0. The van der Waals surface area contributed by atoms with Gasteiger partial charge in [-0.1, -0.05) is 29.8 Å². The first-order valence-electron chi connectivity index (χ1n) is 5.09. The van der Waals surface area contributed by atoms with Crippen molar-refractivity contribution in [2.24, 2.45) is 0 Å². The number of nitro groups is 1. The summed E-state index contributed by atoms with van der Waals surface area (Å²) >= 11 is 0. The van der Waals surface area contributed by atoms with Crippen molar-refractivity contribution in [1.82, 2.24) is 0 Å². The average molecular weight is 231 g/mol. The lowest BCUT2D eigenvalue weighted by atomic mass is 10.0. The van der Waals surface area contributed by atoms with Gasteiger partial charge in [0.15, 0.2) is 0 Å². The molecule has 0 aliphatic heterocycles. The van der Waals surface area contributed by atoms with E-state index in [4.69, 9.17) is 0 Å². The fraction of sp³-hybridized carbons (Fsp3) is 0.0769. The van der Waals surface area contributed by atoms with Crippen molar-refractivity contribution in [1.29, 1.82) is 0 Å². The minimum atomic E-state index is -0.604. The molecule has 0 saturated heterocycles. The zero-order chi connectivity index (χ0) is 12.4. The van der Waals surface area contributed by atoms with Gasteiger partial charge in [-0.3, -0.25) is 10.1 Å². The Labute approximate surface area is 97.7 Å². The molecule has 0 aliphatic carbocycles. The maximum absolute atomic E-state index is 13.0. The third-order valence-electron chi connectivity index (χ3n) is 2.52. The van der Waals surface area contributed by atoms with Crippen molar-refractivity contribution in [3.05, 3.63) is 64.0 Å². The first kappa shape index (κ1) is 11.3. The Balaban J connectivity index is 2.58. The van der Waals surface area contributed by atoms with Crippen LogP contribution in [0.4, 0.5) is 10.1 Å². The van der Waals surface area contributed by atoms with Crippen LogP contribution in [0.5, 0.6) is 0 Å². The lowest BCUT2D eigenvalue weighted by molar-refractivity contribution is -0.384. The van der Waals surface area contributed by atoms with Crippen LogP contribution in [0, 0.1) is 22.9 Å². The molecule has 0 atom stereocenters. The summed E-state index contributed by atoms with van der Waals surface area (Å²) in [5.74, 6) is -0.604. The van der Waals surface area contributed by atoms with E-state index in [0.29, 0.717) is 11.1 Å². The van der Waals surface area contributed by atoms with Gasteiger partial charge in [-0.05, 0) is 24.6 Å². The molecule has 4 heteroatoms. The van der Waals surface area contributed by atoms with Gasteiger partial charge < -0.3 is 0 Å². The number of hydrogen-bond acceptors (Lipinski definition) is 2. The molecule has 0 fully saturated rings. The van der Waals surface area contributed by atoms with Crippen LogP contribution in [-0.2, 0) is 0 Å². The third kappa shape index (κ3) is 2.30. The lowest BCUT2D eigenvalue weighted by Gasteiger charge is -2.03. The number of nitrogens with zero attached hydrogens (tertiary/aromatic N) is 1. The summed E-state index contributed by atoms with van der Waals surface area (Å²) in [4.78, 5) is 10.3. The van der Waals surface area contributed by atoms with Crippen molar-refractivity contribution < 1.29 is 9.31 Å². The second-order valence-corrected chi connectivity index (χ2v) is 3.78.